The van der Waals surface area contributed by atoms with Crippen LogP contribution in [-0.2, 0) is 9.22 Å². The van der Waals surface area contributed by atoms with Crippen LogP contribution in [0.2, 0.25) is 0 Å². The van der Waals surface area contributed by atoms with Crippen LogP contribution in [0.4, 0.5) is 0 Å². The highest BCUT2D eigenvalue weighted by Crippen LogP contribution is 2.00. The van der Waals surface area contributed by atoms with Gasteiger partial charge in [0.15, 0.2) is 6.79 Å². The quantitative estimate of drug-likeness (QED) is 0.412. The first-order valence-electron chi connectivity index (χ1n) is 6.19. The second-order valence-electron chi connectivity index (χ2n) is 3.93. The molecule has 0 aliphatic rings. The summed E-state index contributed by atoms with van der Waals surface area (Å²) in [4.78, 5) is 10.8. The van der Waals surface area contributed by atoms with Gasteiger partial charge < -0.3 is 10.2 Å². The molecule has 0 fully saturated rings. The number of hydrogen-bond donors (Lipinski definition) is 2. The number of aliphatic hydroxyl groups excluding tert-OH is 2. The molecule has 0 radical (unpaired) electrons. The number of rotatable bonds is 7. The summed E-state index contributed by atoms with van der Waals surface area (Å²) in [5.74, 6) is 7.21. The zero-order chi connectivity index (χ0) is 15.2. The van der Waals surface area contributed by atoms with Crippen LogP contribution in [0.1, 0.15) is 25.7 Å². The maximum absolute atomic E-state index is 10.8. The van der Waals surface area contributed by atoms with E-state index < -0.39 is 18.2 Å². The van der Waals surface area contributed by atoms with Crippen LogP contribution >= 0.6 is 0 Å². The van der Waals surface area contributed by atoms with E-state index in [0.717, 1.165) is 0 Å². The Balaban J connectivity index is 3.92. The molecule has 4 nitrogen and oxygen atoms in total. The standard InChI is InChI=1S/C16H19O4/c1-3-9-14(17)10-6-4-5-7-11-15(18)12-8-13-16(19)20-2/h1,4-6,10,14-15,17-18H,2,8-9,12-13H2/q+1/b5-4+,10-6+. The van der Waals surface area contributed by atoms with Crippen LogP contribution in [0.3, 0.4) is 0 Å². The molecule has 0 amide bonds. The summed E-state index contributed by atoms with van der Waals surface area (Å²) in [5.41, 5.74) is 0. The molecule has 0 aromatic heterocycles. The monoisotopic (exact) mass is 275 g/mol. The topological polar surface area (TPSA) is 68.8 Å². The minimum absolute atomic E-state index is 0.216. The van der Waals surface area contributed by atoms with E-state index in [1.165, 1.54) is 0 Å². The predicted octanol–water partition coefficient (Wildman–Crippen LogP) is 0.909. The fraction of sp³-hybridized carbons (Fsp3) is 0.375. The van der Waals surface area contributed by atoms with Gasteiger partial charge in [0.2, 0.25) is 0 Å². The molecule has 2 unspecified atom stereocenters. The lowest BCUT2D eigenvalue weighted by Gasteiger charge is -1.98. The first kappa shape index (κ1) is 17.9. The van der Waals surface area contributed by atoms with Crippen molar-refractivity contribution in [3.63, 3.8) is 0 Å². The smallest absolute Gasteiger partial charge is 0.388 e. The SMILES string of the molecule is C#CCC(O)/C=C/C=C/C#CC(O)CCCC(=O)[O+]=C. The van der Waals surface area contributed by atoms with Gasteiger partial charge in [-0.2, -0.15) is 0 Å². The van der Waals surface area contributed by atoms with E-state index in [4.69, 9.17) is 6.42 Å². The Hall–Kier alpha value is -2.14. The van der Waals surface area contributed by atoms with Crippen LogP contribution in [-0.4, -0.2) is 35.2 Å². The largest absolute Gasteiger partial charge is 0.579 e. The van der Waals surface area contributed by atoms with Gasteiger partial charge in [-0.1, -0.05) is 30.1 Å². The van der Waals surface area contributed by atoms with Gasteiger partial charge in [0.25, 0.3) is 0 Å². The first-order chi connectivity index (χ1) is 9.60. The van der Waals surface area contributed by atoms with E-state index in [-0.39, 0.29) is 12.8 Å². The Morgan fingerprint density at radius 2 is 2.15 bits per heavy atom. The molecule has 0 saturated heterocycles. The molecule has 2 atom stereocenters. The lowest BCUT2D eigenvalue weighted by atomic mass is 10.1. The summed E-state index contributed by atoms with van der Waals surface area (Å²) < 4.78 is 4.24. The van der Waals surface area contributed by atoms with Gasteiger partial charge in [-0.15, -0.1) is 12.3 Å². The molecule has 0 aliphatic heterocycles. The van der Waals surface area contributed by atoms with Gasteiger partial charge in [-0.3, -0.25) is 4.42 Å². The molecular weight excluding hydrogens is 256 g/mol. The zero-order valence-corrected chi connectivity index (χ0v) is 11.3. The van der Waals surface area contributed by atoms with E-state index in [1.807, 2.05) is 0 Å². The molecule has 0 rings (SSSR count). The third kappa shape index (κ3) is 11.0. The van der Waals surface area contributed by atoms with Crippen molar-refractivity contribution in [3.05, 3.63) is 24.3 Å². The summed E-state index contributed by atoms with van der Waals surface area (Å²) in [6.45, 7) is 3.00. The Morgan fingerprint density at radius 1 is 1.40 bits per heavy atom. The Kier molecular flexibility index (Phi) is 10.6. The van der Waals surface area contributed by atoms with Crippen molar-refractivity contribution in [2.45, 2.75) is 37.9 Å². The summed E-state index contributed by atoms with van der Waals surface area (Å²) in [7, 11) is 0. The average molecular weight is 275 g/mol. The number of carbonyl (C=O) groups is 1. The Bertz CT molecular complexity index is 457. The Labute approximate surface area is 119 Å². The second-order valence-corrected chi connectivity index (χ2v) is 3.93. The van der Waals surface area contributed by atoms with Gasteiger partial charge in [0.1, 0.15) is 12.5 Å². The zero-order valence-electron chi connectivity index (χ0n) is 11.3. The highest BCUT2D eigenvalue weighted by atomic mass is 16.4. The molecule has 106 valence electrons. The van der Waals surface area contributed by atoms with E-state index in [2.05, 4.69) is 29.0 Å². The lowest BCUT2D eigenvalue weighted by Crippen LogP contribution is -2.04. The summed E-state index contributed by atoms with van der Waals surface area (Å²) in [6, 6.07) is 0. The van der Waals surface area contributed by atoms with E-state index in [0.29, 0.717) is 12.8 Å². The van der Waals surface area contributed by atoms with E-state index >= 15 is 0 Å². The molecule has 0 spiro atoms. The van der Waals surface area contributed by atoms with Crippen molar-refractivity contribution in [2.24, 2.45) is 0 Å². The third-order valence-electron chi connectivity index (χ3n) is 2.22. The molecule has 0 bridgehead atoms. The number of allylic oxidation sites excluding steroid dienone is 3. The maximum atomic E-state index is 10.8. The molecule has 20 heavy (non-hydrogen) atoms. The Morgan fingerprint density at radius 3 is 2.80 bits per heavy atom. The molecule has 0 aromatic rings. The van der Waals surface area contributed by atoms with Gasteiger partial charge in [-0.05, 0) is 18.9 Å². The van der Waals surface area contributed by atoms with Crippen molar-refractivity contribution < 1.29 is 19.4 Å². The van der Waals surface area contributed by atoms with Crippen LogP contribution in [0, 0.1) is 24.2 Å². The van der Waals surface area contributed by atoms with Gasteiger partial charge >= 0.3 is 5.97 Å². The highest BCUT2D eigenvalue weighted by Gasteiger charge is 2.11. The van der Waals surface area contributed by atoms with Gasteiger partial charge in [-0.25, -0.2) is 0 Å². The molecule has 2 N–H and O–H groups in total. The minimum Gasteiger partial charge on any atom is -0.388 e. The van der Waals surface area contributed by atoms with Crippen molar-refractivity contribution in [1.29, 1.82) is 0 Å². The molecule has 0 aromatic carbocycles. The predicted molar refractivity (Wildman–Crippen MR) is 77.5 cm³/mol. The fourth-order valence-corrected chi connectivity index (χ4v) is 1.21. The van der Waals surface area contributed by atoms with Crippen LogP contribution in [0.5, 0.6) is 0 Å². The van der Waals surface area contributed by atoms with Crippen molar-refractivity contribution in [3.8, 4) is 24.2 Å². The average Bonchev–Trinajstić information content (AvgIpc) is 2.42. The molecule has 0 aliphatic carbocycles. The third-order valence-corrected chi connectivity index (χ3v) is 2.22. The highest BCUT2D eigenvalue weighted by molar-refractivity contribution is 5.66. The summed E-state index contributed by atoms with van der Waals surface area (Å²) in [5, 5.41) is 18.8. The number of hydrogen-bond acceptors (Lipinski definition) is 3. The molecular formula is C16H19O4+. The maximum Gasteiger partial charge on any atom is 0.579 e. The number of terminal acetylenes is 1. The molecule has 0 saturated carbocycles. The van der Waals surface area contributed by atoms with Crippen molar-refractivity contribution in [2.75, 3.05) is 0 Å². The van der Waals surface area contributed by atoms with Crippen LogP contribution < -0.4 is 0 Å². The van der Waals surface area contributed by atoms with Crippen LogP contribution in [0.15, 0.2) is 24.3 Å². The lowest BCUT2D eigenvalue weighted by molar-refractivity contribution is -0.369. The minimum atomic E-state index is -0.784. The first-order valence-corrected chi connectivity index (χ1v) is 6.19. The van der Waals surface area contributed by atoms with Crippen molar-refractivity contribution in [1.82, 2.24) is 0 Å². The molecule has 4 heteroatoms. The van der Waals surface area contributed by atoms with E-state index in [9.17, 15) is 15.0 Å². The van der Waals surface area contributed by atoms with E-state index in [1.54, 1.807) is 24.3 Å². The normalized spacial score (nSPS) is 13.4. The molecule has 0 heterocycles. The van der Waals surface area contributed by atoms with Gasteiger partial charge in [0.05, 0.1) is 6.10 Å². The summed E-state index contributed by atoms with van der Waals surface area (Å²) >= 11 is 0. The second kappa shape index (κ2) is 11.9. The van der Waals surface area contributed by atoms with Crippen molar-refractivity contribution >= 4 is 12.8 Å². The number of carbonyl (C=O) groups excluding carboxylic acids is 2. The van der Waals surface area contributed by atoms with Crippen LogP contribution in [0.25, 0.3) is 0 Å². The summed E-state index contributed by atoms with van der Waals surface area (Å²) in [6.07, 6.45) is 11.3. The fourth-order valence-electron chi connectivity index (χ4n) is 1.21. The number of aliphatic hydroxyl groups is 2. The van der Waals surface area contributed by atoms with Gasteiger partial charge in [0, 0.05) is 11.2 Å².